The van der Waals surface area contributed by atoms with Crippen molar-refractivity contribution in [3.63, 3.8) is 0 Å². The zero-order valence-electron chi connectivity index (χ0n) is 58.4. The van der Waals surface area contributed by atoms with E-state index in [0.29, 0.717) is 23.9 Å². The lowest BCUT2D eigenvalue weighted by atomic mass is 10.0. The quantitative estimate of drug-likeness (QED) is 0.0195. The predicted octanol–water partition coefficient (Wildman–Crippen LogP) is 22.4. The lowest BCUT2D eigenvalue weighted by molar-refractivity contribution is -0.870. The topological polar surface area (TPSA) is 111 Å². The summed E-state index contributed by atoms with van der Waals surface area (Å²) in [5.41, 5.74) is 0. The van der Waals surface area contributed by atoms with Crippen molar-refractivity contribution in [3.05, 3.63) is 48.6 Å². The van der Waals surface area contributed by atoms with E-state index in [1.165, 1.54) is 276 Å². The summed E-state index contributed by atoms with van der Waals surface area (Å²) in [5, 5.41) is 11.8. The molecule has 9 heteroatoms. The van der Waals surface area contributed by atoms with Crippen molar-refractivity contribution in [2.75, 3.05) is 47.5 Å². The lowest BCUT2D eigenvalue weighted by Crippen LogP contribution is -2.44. The summed E-state index contributed by atoms with van der Waals surface area (Å²) in [7, 11) is 5.94. The molecule has 0 bridgehead atoms. The van der Waals surface area contributed by atoms with E-state index < -0.39 is 24.3 Å². The van der Waals surface area contributed by atoms with Gasteiger partial charge in [-0.2, -0.15) is 0 Å². The zero-order valence-corrected chi connectivity index (χ0v) is 58.4. The number of quaternary nitrogens is 1. The number of rotatable bonds is 71. The molecule has 9 nitrogen and oxygen atoms in total. The van der Waals surface area contributed by atoms with Crippen LogP contribution in [0.1, 0.15) is 373 Å². The Hall–Kier alpha value is -2.75. The van der Waals surface area contributed by atoms with Crippen LogP contribution in [-0.4, -0.2) is 82.3 Å². The van der Waals surface area contributed by atoms with Gasteiger partial charge in [0.2, 0.25) is 0 Å². The molecule has 0 heterocycles. The predicted molar refractivity (Wildman–Crippen MR) is 371 cm³/mol. The number of likely N-dealkylation sites (N-methyl/N-ethyl adjacent to an activating group) is 1. The zero-order chi connectivity index (χ0) is 63.3. The van der Waals surface area contributed by atoms with E-state index in [0.717, 1.165) is 64.2 Å². The lowest BCUT2D eigenvalue weighted by Gasteiger charge is -2.26. The molecule has 0 aromatic heterocycles. The number of esters is 2. The first-order chi connectivity index (χ1) is 42.6. The molecule has 0 fully saturated rings. The van der Waals surface area contributed by atoms with Crippen molar-refractivity contribution in [3.8, 4) is 0 Å². The molecular formula is C78H145NO8. The maximum absolute atomic E-state index is 12.9. The molecular weight excluding hydrogens is 1080 g/mol. The van der Waals surface area contributed by atoms with E-state index in [1.54, 1.807) is 0 Å². The molecule has 0 saturated carbocycles. The molecule has 0 aromatic carbocycles. The van der Waals surface area contributed by atoms with Gasteiger partial charge in [-0.1, -0.05) is 358 Å². The molecule has 2 atom stereocenters. The van der Waals surface area contributed by atoms with Crippen LogP contribution >= 0.6 is 0 Å². The first-order valence-corrected chi connectivity index (χ1v) is 37.8. The van der Waals surface area contributed by atoms with Crippen LogP contribution in [0.3, 0.4) is 0 Å². The highest BCUT2D eigenvalue weighted by Crippen LogP contribution is 2.19. The van der Waals surface area contributed by atoms with Gasteiger partial charge in [-0.3, -0.25) is 9.59 Å². The minimum absolute atomic E-state index is 0.148. The smallest absolute Gasteiger partial charge is 0.306 e. The molecule has 0 saturated heterocycles. The number of carbonyl (C=O) groups excluding carboxylic acids is 3. The van der Waals surface area contributed by atoms with Gasteiger partial charge >= 0.3 is 11.9 Å². The van der Waals surface area contributed by atoms with Crippen molar-refractivity contribution >= 4 is 17.9 Å². The maximum atomic E-state index is 12.9. The average molecular weight is 1230 g/mol. The third kappa shape index (κ3) is 70.6. The standard InChI is InChI=1S/C78H145NO8/c1-6-8-10-12-14-16-18-20-22-24-26-28-30-32-33-34-35-36-37-38-39-40-41-42-43-45-46-48-50-52-54-56-58-60-62-64-66-68-75(80)85-72-74(73-86-78(77(82)83)84-71-70-79(3,4)5)87-76(81)69-67-65-63-61-59-57-55-53-51-49-47-44-31-29-27-25-23-21-19-17-15-13-11-9-7-2/h9,11,15,17,21,23,27,29,74,78H,6-8,10,12-14,16,18-20,22,24-26,28,30-73H2,1-5H3/b11-9-,17-15-,23-21-,29-27-. The molecule has 0 rings (SSSR count). The van der Waals surface area contributed by atoms with Crippen LogP contribution < -0.4 is 5.11 Å². The Morgan fingerprint density at radius 3 is 0.977 bits per heavy atom. The molecule has 87 heavy (non-hydrogen) atoms. The first kappa shape index (κ1) is 84.2. The van der Waals surface area contributed by atoms with Crippen molar-refractivity contribution in [2.24, 2.45) is 0 Å². The monoisotopic (exact) mass is 1220 g/mol. The van der Waals surface area contributed by atoms with Crippen LogP contribution in [0.4, 0.5) is 0 Å². The molecule has 2 unspecified atom stereocenters. The number of hydrogen-bond donors (Lipinski definition) is 0. The van der Waals surface area contributed by atoms with Gasteiger partial charge in [0.1, 0.15) is 13.2 Å². The van der Waals surface area contributed by atoms with Crippen molar-refractivity contribution in [2.45, 2.75) is 386 Å². The number of hydrogen-bond acceptors (Lipinski definition) is 8. The molecule has 0 spiro atoms. The number of aliphatic carboxylic acids is 1. The largest absolute Gasteiger partial charge is 0.545 e. The van der Waals surface area contributed by atoms with Gasteiger partial charge in [-0.25, -0.2) is 0 Å². The van der Waals surface area contributed by atoms with Crippen LogP contribution in [0.25, 0.3) is 0 Å². The highest BCUT2D eigenvalue weighted by molar-refractivity contribution is 5.70. The highest BCUT2D eigenvalue weighted by atomic mass is 16.7. The van der Waals surface area contributed by atoms with E-state index in [9.17, 15) is 19.5 Å². The number of allylic oxidation sites excluding steroid dienone is 8. The summed E-state index contributed by atoms with van der Waals surface area (Å²) >= 11 is 0. The third-order valence-electron chi connectivity index (χ3n) is 17.1. The number of carboxylic acids is 1. The second-order valence-electron chi connectivity index (χ2n) is 26.9. The average Bonchev–Trinajstić information content (AvgIpc) is 3.59. The fourth-order valence-corrected chi connectivity index (χ4v) is 11.4. The molecule has 0 amide bonds. The molecule has 510 valence electrons. The summed E-state index contributed by atoms with van der Waals surface area (Å²) in [6, 6.07) is 0. The van der Waals surface area contributed by atoms with Gasteiger partial charge in [0.05, 0.1) is 40.3 Å². The van der Waals surface area contributed by atoms with E-state index in [1.807, 2.05) is 21.1 Å². The van der Waals surface area contributed by atoms with E-state index in [4.69, 9.17) is 18.9 Å². The number of carboxylic acid groups (broad SMARTS) is 1. The summed E-state index contributed by atoms with van der Waals surface area (Å²) in [6.07, 6.45) is 86.6. The van der Waals surface area contributed by atoms with Crippen LogP contribution in [0, 0.1) is 0 Å². The van der Waals surface area contributed by atoms with Crippen LogP contribution in [0.5, 0.6) is 0 Å². The molecule has 0 aliphatic rings. The Morgan fingerprint density at radius 1 is 0.356 bits per heavy atom. The van der Waals surface area contributed by atoms with Gasteiger partial charge in [0, 0.05) is 12.8 Å². The minimum Gasteiger partial charge on any atom is -0.545 e. The van der Waals surface area contributed by atoms with Gasteiger partial charge < -0.3 is 33.3 Å². The van der Waals surface area contributed by atoms with Gasteiger partial charge in [-0.05, 0) is 51.4 Å². The van der Waals surface area contributed by atoms with Crippen LogP contribution in [-0.2, 0) is 33.3 Å². The van der Waals surface area contributed by atoms with E-state index >= 15 is 0 Å². The SMILES string of the molecule is CC/C=C\C/C=C\C/C=C\C/C=C\CCCCCCCCCCCCCCC(=O)OC(COC(=O)CCCCCCCCCCCCCCCCCCCCCCCCCCCCCCCCCCCCCCC)COC(OCC[N+](C)(C)C)C(=O)[O-]. The Bertz CT molecular complexity index is 1570. The summed E-state index contributed by atoms with van der Waals surface area (Å²) in [5.74, 6) is -2.26. The Labute approximate surface area is 540 Å². The molecule has 0 aromatic rings. The van der Waals surface area contributed by atoms with Gasteiger partial charge in [0.25, 0.3) is 0 Å². The van der Waals surface area contributed by atoms with Gasteiger partial charge in [0.15, 0.2) is 12.4 Å². The molecule has 0 radical (unpaired) electrons. The fourth-order valence-electron chi connectivity index (χ4n) is 11.4. The third-order valence-corrected chi connectivity index (χ3v) is 17.1. The molecule has 0 aliphatic carbocycles. The molecule has 0 N–H and O–H groups in total. The summed E-state index contributed by atoms with van der Waals surface area (Å²) < 4.78 is 22.8. The molecule has 0 aliphatic heterocycles. The van der Waals surface area contributed by atoms with Crippen molar-refractivity contribution in [1.29, 1.82) is 0 Å². The summed E-state index contributed by atoms with van der Waals surface area (Å²) in [4.78, 5) is 37.5. The Balaban J connectivity index is 3.97. The van der Waals surface area contributed by atoms with Crippen LogP contribution in [0.2, 0.25) is 0 Å². The van der Waals surface area contributed by atoms with E-state index in [2.05, 4.69) is 62.5 Å². The number of unbranched alkanes of at least 4 members (excludes halogenated alkanes) is 48. The summed E-state index contributed by atoms with van der Waals surface area (Å²) in [6.45, 7) is 4.70. The number of ether oxygens (including phenoxy) is 4. The second-order valence-corrected chi connectivity index (χ2v) is 26.9. The maximum Gasteiger partial charge on any atom is 0.306 e. The fraction of sp³-hybridized carbons (Fsp3) is 0.859. The van der Waals surface area contributed by atoms with E-state index in [-0.39, 0.29) is 32.2 Å². The van der Waals surface area contributed by atoms with Crippen LogP contribution in [0.15, 0.2) is 48.6 Å². The number of nitrogens with zero attached hydrogens (tertiary/aromatic N) is 1. The first-order valence-electron chi connectivity index (χ1n) is 37.8. The normalized spacial score (nSPS) is 12.9. The highest BCUT2D eigenvalue weighted by Gasteiger charge is 2.22. The Kier molecular flexibility index (Phi) is 67.0. The van der Waals surface area contributed by atoms with Crippen molar-refractivity contribution in [1.82, 2.24) is 0 Å². The number of carbonyl (C=O) groups is 3. The van der Waals surface area contributed by atoms with Crippen molar-refractivity contribution < 1.29 is 42.9 Å². The van der Waals surface area contributed by atoms with Gasteiger partial charge in [-0.15, -0.1) is 0 Å². The second kappa shape index (κ2) is 69.1. The Morgan fingerprint density at radius 2 is 0.655 bits per heavy atom. The minimum atomic E-state index is -1.62.